The minimum atomic E-state index is -0.186. The monoisotopic (exact) mass is 374 g/mol. The fourth-order valence-electron chi connectivity index (χ4n) is 2.01. The first kappa shape index (κ1) is 15.5. The predicted molar refractivity (Wildman–Crippen MR) is 88.5 cm³/mol. The van der Waals surface area contributed by atoms with Gasteiger partial charge in [0.25, 0.3) is 0 Å². The van der Waals surface area contributed by atoms with E-state index in [-0.39, 0.29) is 12.0 Å². The third-order valence-electron chi connectivity index (χ3n) is 3.20. The Balaban J connectivity index is 1.84. The Hall–Kier alpha value is -2.35. The van der Waals surface area contributed by atoms with Gasteiger partial charge >= 0.3 is 0 Å². The summed E-state index contributed by atoms with van der Waals surface area (Å²) in [5.41, 5.74) is 0.810. The minimum Gasteiger partial charge on any atom is -0.342 e. The highest BCUT2D eigenvalue weighted by Gasteiger charge is 2.23. The van der Waals surface area contributed by atoms with Crippen LogP contribution in [0.2, 0.25) is 0 Å². The van der Waals surface area contributed by atoms with Crippen molar-refractivity contribution in [1.82, 2.24) is 25.1 Å². The standard InChI is InChI=1S/C15H15BrN6O/c1-9(2)12(20-15-18-7-11(16)8-19-15)14-21-13(22-23-14)10-4-3-5-17-6-10/h3-9,12H,1-2H3,(H,18,19,20). The summed E-state index contributed by atoms with van der Waals surface area (Å²) >= 11 is 3.32. The van der Waals surface area contributed by atoms with Gasteiger partial charge in [0, 0.05) is 30.4 Å². The number of aromatic nitrogens is 5. The van der Waals surface area contributed by atoms with Gasteiger partial charge in [0.05, 0.1) is 4.47 Å². The summed E-state index contributed by atoms with van der Waals surface area (Å²) < 4.78 is 6.24. The van der Waals surface area contributed by atoms with Gasteiger partial charge in [-0.2, -0.15) is 4.98 Å². The number of nitrogens with one attached hydrogen (secondary N) is 1. The highest BCUT2D eigenvalue weighted by atomic mass is 79.9. The average molecular weight is 375 g/mol. The number of halogens is 1. The maximum atomic E-state index is 5.42. The maximum absolute atomic E-state index is 5.42. The number of nitrogens with zero attached hydrogens (tertiary/aromatic N) is 5. The lowest BCUT2D eigenvalue weighted by Gasteiger charge is -2.18. The van der Waals surface area contributed by atoms with Crippen molar-refractivity contribution in [2.24, 2.45) is 5.92 Å². The molecule has 3 heterocycles. The first-order valence-corrected chi connectivity index (χ1v) is 7.91. The molecule has 1 N–H and O–H groups in total. The molecule has 3 rings (SSSR count). The number of rotatable bonds is 5. The Morgan fingerprint density at radius 2 is 1.96 bits per heavy atom. The molecular formula is C15H15BrN6O. The van der Waals surface area contributed by atoms with E-state index in [9.17, 15) is 0 Å². The topological polar surface area (TPSA) is 89.6 Å². The van der Waals surface area contributed by atoms with Crippen molar-refractivity contribution in [2.75, 3.05) is 5.32 Å². The van der Waals surface area contributed by atoms with Crippen LogP contribution in [0.4, 0.5) is 5.95 Å². The van der Waals surface area contributed by atoms with Crippen molar-refractivity contribution in [3.63, 3.8) is 0 Å². The lowest BCUT2D eigenvalue weighted by molar-refractivity contribution is 0.335. The fraction of sp³-hybridized carbons (Fsp3) is 0.267. The van der Waals surface area contributed by atoms with Gasteiger partial charge in [-0.25, -0.2) is 9.97 Å². The van der Waals surface area contributed by atoms with Gasteiger partial charge < -0.3 is 9.84 Å². The summed E-state index contributed by atoms with van der Waals surface area (Å²) in [6.07, 6.45) is 6.77. The van der Waals surface area contributed by atoms with E-state index in [1.54, 1.807) is 24.8 Å². The first-order chi connectivity index (χ1) is 11.1. The van der Waals surface area contributed by atoms with Crippen LogP contribution in [0.15, 0.2) is 45.9 Å². The molecule has 3 aromatic rings. The van der Waals surface area contributed by atoms with Crippen LogP contribution in [-0.2, 0) is 0 Å². The van der Waals surface area contributed by atoms with E-state index in [1.807, 2.05) is 12.1 Å². The van der Waals surface area contributed by atoms with Crippen molar-refractivity contribution < 1.29 is 4.52 Å². The zero-order valence-electron chi connectivity index (χ0n) is 12.6. The van der Waals surface area contributed by atoms with Gasteiger partial charge in [-0.3, -0.25) is 4.98 Å². The third kappa shape index (κ3) is 3.70. The van der Waals surface area contributed by atoms with Crippen LogP contribution in [0.1, 0.15) is 25.8 Å². The van der Waals surface area contributed by atoms with E-state index in [0.717, 1.165) is 10.0 Å². The van der Waals surface area contributed by atoms with E-state index in [4.69, 9.17) is 4.52 Å². The van der Waals surface area contributed by atoms with E-state index in [0.29, 0.717) is 17.7 Å². The van der Waals surface area contributed by atoms with Gasteiger partial charge in [0.15, 0.2) is 0 Å². The lowest BCUT2D eigenvalue weighted by atomic mass is 10.0. The minimum absolute atomic E-state index is 0.186. The Morgan fingerprint density at radius 1 is 1.17 bits per heavy atom. The van der Waals surface area contributed by atoms with Crippen molar-refractivity contribution in [2.45, 2.75) is 19.9 Å². The Kier molecular flexibility index (Phi) is 4.61. The van der Waals surface area contributed by atoms with Crippen molar-refractivity contribution in [1.29, 1.82) is 0 Å². The average Bonchev–Trinajstić information content (AvgIpc) is 3.04. The molecule has 23 heavy (non-hydrogen) atoms. The summed E-state index contributed by atoms with van der Waals surface area (Å²) in [5, 5.41) is 7.26. The molecule has 0 aliphatic rings. The smallest absolute Gasteiger partial charge is 0.249 e. The molecule has 7 nitrogen and oxygen atoms in total. The van der Waals surface area contributed by atoms with Crippen molar-refractivity contribution >= 4 is 21.9 Å². The molecule has 0 aliphatic heterocycles. The van der Waals surface area contributed by atoms with Crippen LogP contribution in [0.5, 0.6) is 0 Å². The quantitative estimate of drug-likeness (QED) is 0.730. The van der Waals surface area contributed by atoms with Crippen molar-refractivity contribution in [3.8, 4) is 11.4 Å². The number of pyridine rings is 1. The number of hydrogen-bond acceptors (Lipinski definition) is 7. The molecule has 118 valence electrons. The molecule has 8 heteroatoms. The summed E-state index contributed by atoms with van der Waals surface area (Å²) in [7, 11) is 0. The van der Waals surface area contributed by atoms with Crippen LogP contribution in [0.25, 0.3) is 11.4 Å². The van der Waals surface area contributed by atoms with E-state index in [2.05, 4.69) is 60.2 Å². The van der Waals surface area contributed by atoms with E-state index >= 15 is 0 Å². The summed E-state index contributed by atoms with van der Waals surface area (Å²) in [6, 6.07) is 3.53. The Morgan fingerprint density at radius 3 is 2.61 bits per heavy atom. The fourth-order valence-corrected chi connectivity index (χ4v) is 2.22. The zero-order valence-corrected chi connectivity index (χ0v) is 14.2. The zero-order chi connectivity index (χ0) is 16.2. The molecule has 0 bridgehead atoms. The molecule has 0 saturated heterocycles. The molecule has 0 saturated carbocycles. The molecule has 0 spiro atoms. The van der Waals surface area contributed by atoms with Gasteiger partial charge in [0.1, 0.15) is 6.04 Å². The highest BCUT2D eigenvalue weighted by molar-refractivity contribution is 9.10. The molecule has 0 radical (unpaired) electrons. The highest BCUT2D eigenvalue weighted by Crippen LogP contribution is 2.26. The molecule has 0 aliphatic carbocycles. The molecule has 3 aromatic heterocycles. The molecule has 0 amide bonds. The van der Waals surface area contributed by atoms with Crippen LogP contribution < -0.4 is 5.32 Å². The second-order valence-electron chi connectivity index (χ2n) is 5.29. The van der Waals surface area contributed by atoms with Crippen LogP contribution in [0.3, 0.4) is 0 Å². The second kappa shape index (κ2) is 6.82. The molecule has 1 atom stereocenters. The summed E-state index contributed by atoms with van der Waals surface area (Å²) in [5.74, 6) is 1.72. The summed E-state index contributed by atoms with van der Waals surface area (Å²) in [4.78, 5) is 17.0. The summed E-state index contributed by atoms with van der Waals surface area (Å²) in [6.45, 7) is 4.12. The number of hydrogen-bond donors (Lipinski definition) is 1. The van der Waals surface area contributed by atoms with Gasteiger partial charge in [-0.05, 0) is 34.0 Å². The van der Waals surface area contributed by atoms with Crippen LogP contribution >= 0.6 is 15.9 Å². The third-order valence-corrected chi connectivity index (χ3v) is 3.61. The van der Waals surface area contributed by atoms with Gasteiger partial charge in [-0.1, -0.05) is 19.0 Å². The Bertz CT molecular complexity index is 759. The second-order valence-corrected chi connectivity index (χ2v) is 6.20. The first-order valence-electron chi connectivity index (χ1n) is 7.11. The van der Waals surface area contributed by atoms with Crippen LogP contribution in [-0.4, -0.2) is 25.1 Å². The van der Waals surface area contributed by atoms with E-state index in [1.165, 1.54) is 0 Å². The van der Waals surface area contributed by atoms with E-state index < -0.39 is 0 Å². The lowest BCUT2D eigenvalue weighted by Crippen LogP contribution is -2.18. The Labute approximate surface area is 141 Å². The molecule has 0 fully saturated rings. The normalized spacial score (nSPS) is 12.3. The van der Waals surface area contributed by atoms with Gasteiger partial charge in [0.2, 0.25) is 17.7 Å². The molecule has 0 aromatic carbocycles. The van der Waals surface area contributed by atoms with Crippen LogP contribution in [0, 0.1) is 5.92 Å². The SMILES string of the molecule is CC(C)C(Nc1ncc(Br)cn1)c1nc(-c2cccnc2)no1. The predicted octanol–water partition coefficient (Wildman–Crippen LogP) is 3.49. The molecule has 1 unspecified atom stereocenters. The maximum Gasteiger partial charge on any atom is 0.249 e. The largest absolute Gasteiger partial charge is 0.342 e. The molecular weight excluding hydrogens is 360 g/mol. The number of anilines is 1. The van der Waals surface area contributed by atoms with Crippen molar-refractivity contribution in [3.05, 3.63) is 47.3 Å². The van der Waals surface area contributed by atoms with Gasteiger partial charge in [-0.15, -0.1) is 0 Å².